The maximum absolute atomic E-state index is 14.4. The summed E-state index contributed by atoms with van der Waals surface area (Å²) in [5.41, 5.74) is 1.02. The van der Waals surface area contributed by atoms with Gasteiger partial charge in [0.15, 0.2) is 11.5 Å². The molecule has 0 bridgehead atoms. The van der Waals surface area contributed by atoms with E-state index in [1.807, 2.05) is 19.9 Å². The summed E-state index contributed by atoms with van der Waals surface area (Å²) in [6, 6.07) is 3.71. The third-order valence-corrected chi connectivity index (χ3v) is 4.36. The SMILES string of the molecule is C/C=C/C1CCC2c3ccc(OCC)c(F)c3O[C@@H]2C1. The maximum Gasteiger partial charge on any atom is 0.207 e. The summed E-state index contributed by atoms with van der Waals surface area (Å²) in [5, 5.41) is 0. The standard InChI is InChI=1S/C17H21FO2/c1-3-5-11-6-7-12-13-8-9-14(19-4-2)16(18)17(13)20-15(12)10-11/h3,5,8-9,11-12,15H,4,6-7,10H2,1-2H3/b5-3+/t11?,12?,15-/m1/s1. The molecule has 1 aromatic rings. The predicted molar refractivity (Wildman–Crippen MR) is 76.9 cm³/mol. The molecule has 0 radical (unpaired) electrons. The molecule has 1 aliphatic heterocycles. The molecule has 1 aliphatic carbocycles. The Balaban J connectivity index is 1.86. The summed E-state index contributed by atoms with van der Waals surface area (Å²) in [6.07, 6.45) is 7.66. The Kier molecular flexibility index (Phi) is 3.68. The van der Waals surface area contributed by atoms with Crippen LogP contribution in [0.3, 0.4) is 0 Å². The van der Waals surface area contributed by atoms with Crippen LogP contribution in [0, 0.1) is 11.7 Å². The minimum absolute atomic E-state index is 0.117. The molecule has 2 nitrogen and oxygen atoms in total. The first-order valence-electron chi connectivity index (χ1n) is 7.49. The lowest BCUT2D eigenvalue weighted by molar-refractivity contribution is 0.139. The van der Waals surface area contributed by atoms with Crippen molar-refractivity contribution in [3.05, 3.63) is 35.7 Å². The molecule has 0 saturated heterocycles. The van der Waals surface area contributed by atoms with Crippen molar-refractivity contribution in [2.75, 3.05) is 6.61 Å². The third kappa shape index (κ3) is 2.19. The highest BCUT2D eigenvalue weighted by atomic mass is 19.1. The van der Waals surface area contributed by atoms with Crippen molar-refractivity contribution in [2.45, 2.75) is 45.1 Å². The number of halogens is 1. The Bertz CT molecular complexity index is 524. The van der Waals surface area contributed by atoms with E-state index >= 15 is 0 Å². The fourth-order valence-electron chi connectivity index (χ4n) is 3.48. The van der Waals surface area contributed by atoms with Gasteiger partial charge in [0.2, 0.25) is 5.82 Å². The molecule has 3 heteroatoms. The number of benzene rings is 1. The molecule has 2 aliphatic rings. The average Bonchev–Trinajstić information content (AvgIpc) is 2.81. The van der Waals surface area contributed by atoms with Crippen LogP contribution in [0.1, 0.15) is 44.6 Å². The third-order valence-electron chi connectivity index (χ3n) is 4.36. The van der Waals surface area contributed by atoms with Gasteiger partial charge < -0.3 is 9.47 Å². The van der Waals surface area contributed by atoms with E-state index in [0.29, 0.717) is 29.9 Å². The molecule has 108 valence electrons. The summed E-state index contributed by atoms with van der Waals surface area (Å²) in [7, 11) is 0. The number of ether oxygens (including phenoxy) is 2. The van der Waals surface area contributed by atoms with Crippen LogP contribution in [0.25, 0.3) is 0 Å². The first-order valence-corrected chi connectivity index (χ1v) is 7.49. The van der Waals surface area contributed by atoms with Crippen molar-refractivity contribution < 1.29 is 13.9 Å². The summed E-state index contributed by atoms with van der Waals surface area (Å²) in [5.74, 6) is 1.30. The Labute approximate surface area is 119 Å². The summed E-state index contributed by atoms with van der Waals surface area (Å²) >= 11 is 0. The Hall–Kier alpha value is -1.51. The predicted octanol–water partition coefficient (Wildman–Crippen LogP) is 4.45. The zero-order valence-corrected chi connectivity index (χ0v) is 12.1. The second-order valence-electron chi connectivity index (χ2n) is 5.59. The van der Waals surface area contributed by atoms with Gasteiger partial charge in [-0.2, -0.15) is 4.39 Å². The van der Waals surface area contributed by atoms with Gasteiger partial charge in [-0.3, -0.25) is 0 Å². The highest BCUT2D eigenvalue weighted by Gasteiger charge is 2.40. The summed E-state index contributed by atoms with van der Waals surface area (Å²) in [4.78, 5) is 0. The number of hydrogen-bond acceptors (Lipinski definition) is 2. The molecule has 2 unspecified atom stereocenters. The van der Waals surface area contributed by atoms with E-state index in [9.17, 15) is 4.39 Å². The molecule has 0 N–H and O–H groups in total. The fraction of sp³-hybridized carbons (Fsp3) is 0.529. The van der Waals surface area contributed by atoms with E-state index in [2.05, 4.69) is 12.2 Å². The van der Waals surface area contributed by atoms with E-state index in [4.69, 9.17) is 9.47 Å². The molecule has 0 aromatic heterocycles. The van der Waals surface area contributed by atoms with Crippen LogP contribution in [-0.4, -0.2) is 12.7 Å². The van der Waals surface area contributed by atoms with E-state index in [1.54, 1.807) is 6.07 Å². The van der Waals surface area contributed by atoms with Crippen LogP contribution in [0.15, 0.2) is 24.3 Å². The Morgan fingerprint density at radius 2 is 2.25 bits per heavy atom. The quantitative estimate of drug-likeness (QED) is 0.760. The van der Waals surface area contributed by atoms with E-state index in [0.717, 1.165) is 24.8 Å². The lowest BCUT2D eigenvalue weighted by atomic mass is 9.78. The van der Waals surface area contributed by atoms with Gasteiger partial charge in [0.25, 0.3) is 0 Å². The van der Waals surface area contributed by atoms with E-state index < -0.39 is 0 Å². The van der Waals surface area contributed by atoms with Crippen molar-refractivity contribution in [2.24, 2.45) is 5.92 Å². The number of fused-ring (bicyclic) bond motifs is 3. The van der Waals surface area contributed by atoms with Crippen LogP contribution in [0.4, 0.5) is 4.39 Å². The van der Waals surface area contributed by atoms with Gasteiger partial charge in [-0.1, -0.05) is 18.2 Å². The maximum atomic E-state index is 14.4. The minimum Gasteiger partial charge on any atom is -0.491 e. The van der Waals surface area contributed by atoms with Gasteiger partial charge in [-0.15, -0.1) is 0 Å². The molecular formula is C17H21FO2. The number of allylic oxidation sites excluding steroid dienone is 2. The second kappa shape index (κ2) is 5.47. The van der Waals surface area contributed by atoms with Gasteiger partial charge in [-0.25, -0.2) is 0 Å². The van der Waals surface area contributed by atoms with Gasteiger partial charge in [0.1, 0.15) is 6.10 Å². The zero-order chi connectivity index (χ0) is 14.1. The summed E-state index contributed by atoms with van der Waals surface area (Å²) < 4.78 is 25.6. The number of hydrogen-bond donors (Lipinski definition) is 0. The molecule has 3 rings (SSSR count). The van der Waals surface area contributed by atoms with Crippen molar-refractivity contribution in [1.82, 2.24) is 0 Å². The molecular weight excluding hydrogens is 255 g/mol. The molecule has 1 heterocycles. The Morgan fingerprint density at radius 3 is 3.00 bits per heavy atom. The van der Waals surface area contributed by atoms with Crippen LogP contribution in [-0.2, 0) is 0 Å². The smallest absolute Gasteiger partial charge is 0.207 e. The van der Waals surface area contributed by atoms with Gasteiger partial charge in [0.05, 0.1) is 6.61 Å². The van der Waals surface area contributed by atoms with E-state index in [-0.39, 0.29) is 11.9 Å². The highest BCUT2D eigenvalue weighted by molar-refractivity contribution is 5.48. The van der Waals surface area contributed by atoms with Gasteiger partial charge in [-0.05, 0) is 45.1 Å². The van der Waals surface area contributed by atoms with Crippen LogP contribution in [0.5, 0.6) is 11.5 Å². The van der Waals surface area contributed by atoms with Crippen molar-refractivity contribution in [3.63, 3.8) is 0 Å². The molecule has 20 heavy (non-hydrogen) atoms. The summed E-state index contributed by atoms with van der Waals surface area (Å²) in [6.45, 7) is 4.37. The van der Waals surface area contributed by atoms with Crippen molar-refractivity contribution in [1.29, 1.82) is 0 Å². The van der Waals surface area contributed by atoms with Crippen LogP contribution < -0.4 is 9.47 Å². The van der Waals surface area contributed by atoms with E-state index in [1.165, 1.54) is 0 Å². The molecule has 0 amide bonds. The normalized spacial score (nSPS) is 28.1. The van der Waals surface area contributed by atoms with Gasteiger partial charge in [0, 0.05) is 11.5 Å². The first-order chi connectivity index (χ1) is 9.74. The lowest BCUT2D eigenvalue weighted by Crippen LogP contribution is -2.27. The zero-order valence-electron chi connectivity index (χ0n) is 12.1. The van der Waals surface area contributed by atoms with Crippen LogP contribution >= 0.6 is 0 Å². The second-order valence-corrected chi connectivity index (χ2v) is 5.59. The Morgan fingerprint density at radius 1 is 1.40 bits per heavy atom. The average molecular weight is 276 g/mol. The molecule has 1 saturated carbocycles. The monoisotopic (exact) mass is 276 g/mol. The molecule has 1 aromatic carbocycles. The first kappa shape index (κ1) is 13.5. The van der Waals surface area contributed by atoms with Gasteiger partial charge >= 0.3 is 0 Å². The molecule has 0 spiro atoms. The lowest BCUT2D eigenvalue weighted by Gasteiger charge is -2.29. The molecule has 1 fully saturated rings. The minimum atomic E-state index is -0.332. The number of rotatable bonds is 3. The largest absolute Gasteiger partial charge is 0.491 e. The highest BCUT2D eigenvalue weighted by Crippen LogP contribution is 2.49. The van der Waals surface area contributed by atoms with Crippen LogP contribution in [0.2, 0.25) is 0 Å². The fourth-order valence-corrected chi connectivity index (χ4v) is 3.48. The van der Waals surface area contributed by atoms with Crippen molar-refractivity contribution in [3.8, 4) is 11.5 Å². The van der Waals surface area contributed by atoms with Crippen molar-refractivity contribution >= 4 is 0 Å². The molecule has 3 atom stereocenters. The topological polar surface area (TPSA) is 18.5 Å².